The van der Waals surface area contributed by atoms with Crippen molar-refractivity contribution in [2.75, 3.05) is 12.5 Å². The molecule has 16 heavy (non-hydrogen) atoms. The van der Waals surface area contributed by atoms with Gasteiger partial charge in [-0.15, -0.1) is 11.6 Å². The van der Waals surface area contributed by atoms with Crippen LogP contribution in [0.3, 0.4) is 0 Å². The molecule has 0 aliphatic carbocycles. The van der Waals surface area contributed by atoms with Crippen LogP contribution in [0.2, 0.25) is 0 Å². The molecule has 0 bridgehead atoms. The molecule has 1 aliphatic heterocycles. The van der Waals surface area contributed by atoms with Crippen LogP contribution < -0.4 is 0 Å². The van der Waals surface area contributed by atoms with Gasteiger partial charge in [-0.25, -0.2) is 8.78 Å². The molecule has 0 saturated carbocycles. The summed E-state index contributed by atoms with van der Waals surface area (Å²) in [6, 6.07) is 3.44. The summed E-state index contributed by atoms with van der Waals surface area (Å²) in [5.41, 5.74) is 0.283. The SMILES string of the molecule is Fc1ccc(F)c(C2OCCCC2CCl)c1. The molecule has 1 saturated heterocycles. The molecular weight excluding hydrogens is 234 g/mol. The van der Waals surface area contributed by atoms with Gasteiger partial charge in [-0.3, -0.25) is 0 Å². The summed E-state index contributed by atoms with van der Waals surface area (Å²) < 4.78 is 32.2. The van der Waals surface area contributed by atoms with E-state index in [1.54, 1.807) is 0 Å². The second kappa shape index (κ2) is 5.11. The molecule has 2 atom stereocenters. The van der Waals surface area contributed by atoms with Crippen molar-refractivity contribution in [2.24, 2.45) is 5.92 Å². The van der Waals surface area contributed by atoms with E-state index in [0.29, 0.717) is 12.5 Å². The third-order valence-electron chi connectivity index (χ3n) is 2.91. The first kappa shape index (κ1) is 11.8. The van der Waals surface area contributed by atoms with Gasteiger partial charge in [0.25, 0.3) is 0 Å². The summed E-state index contributed by atoms with van der Waals surface area (Å²) in [6.45, 7) is 0.577. The van der Waals surface area contributed by atoms with E-state index in [0.717, 1.165) is 25.0 Å². The first-order valence-electron chi connectivity index (χ1n) is 5.35. The van der Waals surface area contributed by atoms with E-state index in [2.05, 4.69) is 0 Å². The number of hydrogen-bond acceptors (Lipinski definition) is 1. The van der Waals surface area contributed by atoms with Crippen molar-refractivity contribution in [3.63, 3.8) is 0 Å². The summed E-state index contributed by atoms with van der Waals surface area (Å²) in [5.74, 6) is -0.408. The summed E-state index contributed by atoms with van der Waals surface area (Å²) in [4.78, 5) is 0. The molecule has 0 radical (unpaired) electrons. The Morgan fingerprint density at radius 2 is 2.19 bits per heavy atom. The van der Waals surface area contributed by atoms with Gasteiger partial charge in [0, 0.05) is 24.0 Å². The molecule has 88 valence electrons. The highest BCUT2D eigenvalue weighted by atomic mass is 35.5. The first-order chi connectivity index (χ1) is 7.72. The van der Waals surface area contributed by atoms with Crippen molar-refractivity contribution < 1.29 is 13.5 Å². The minimum Gasteiger partial charge on any atom is -0.373 e. The molecule has 2 unspecified atom stereocenters. The quantitative estimate of drug-likeness (QED) is 0.724. The second-order valence-corrected chi connectivity index (χ2v) is 4.32. The van der Waals surface area contributed by atoms with Gasteiger partial charge in [0.05, 0.1) is 6.10 Å². The summed E-state index contributed by atoms with van der Waals surface area (Å²) in [6.07, 6.45) is 1.40. The molecule has 1 heterocycles. The Kier molecular flexibility index (Phi) is 3.77. The first-order valence-corrected chi connectivity index (χ1v) is 5.88. The Balaban J connectivity index is 2.30. The second-order valence-electron chi connectivity index (χ2n) is 4.01. The van der Waals surface area contributed by atoms with Crippen LogP contribution in [-0.4, -0.2) is 12.5 Å². The lowest BCUT2D eigenvalue weighted by atomic mass is 9.90. The summed E-state index contributed by atoms with van der Waals surface area (Å²) in [5, 5.41) is 0. The third-order valence-corrected chi connectivity index (χ3v) is 3.30. The fraction of sp³-hybridized carbons (Fsp3) is 0.500. The van der Waals surface area contributed by atoms with E-state index in [4.69, 9.17) is 16.3 Å². The standard InChI is InChI=1S/C12H13ClF2O/c13-7-8-2-1-5-16-12(8)10-6-9(14)3-4-11(10)15/h3-4,6,8,12H,1-2,5,7H2. The maximum Gasteiger partial charge on any atom is 0.129 e. The lowest BCUT2D eigenvalue weighted by molar-refractivity contribution is -0.0229. The largest absolute Gasteiger partial charge is 0.373 e. The van der Waals surface area contributed by atoms with E-state index < -0.39 is 17.7 Å². The molecule has 1 aromatic carbocycles. The van der Waals surface area contributed by atoms with Gasteiger partial charge < -0.3 is 4.74 Å². The van der Waals surface area contributed by atoms with Crippen molar-refractivity contribution in [3.8, 4) is 0 Å². The Hall–Kier alpha value is -0.670. The van der Waals surface area contributed by atoms with Crippen molar-refractivity contribution in [3.05, 3.63) is 35.4 Å². The van der Waals surface area contributed by atoms with Gasteiger partial charge in [-0.1, -0.05) is 0 Å². The highest BCUT2D eigenvalue weighted by Crippen LogP contribution is 2.35. The van der Waals surface area contributed by atoms with Crippen molar-refractivity contribution in [1.29, 1.82) is 0 Å². The van der Waals surface area contributed by atoms with Crippen molar-refractivity contribution >= 4 is 11.6 Å². The van der Waals surface area contributed by atoms with E-state index in [-0.39, 0.29) is 11.5 Å². The third kappa shape index (κ3) is 2.36. The number of ether oxygens (including phenoxy) is 1. The van der Waals surface area contributed by atoms with Crippen LogP contribution in [0.15, 0.2) is 18.2 Å². The van der Waals surface area contributed by atoms with Gasteiger partial charge in [0.15, 0.2) is 0 Å². The van der Waals surface area contributed by atoms with Crippen molar-refractivity contribution in [2.45, 2.75) is 18.9 Å². The molecular formula is C12H13ClF2O. The highest BCUT2D eigenvalue weighted by molar-refractivity contribution is 6.18. The molecule has 1 nitrogen and oxygen atoms in total. The normalized spacial score (nSPS) is 25.7. The van der Waals surface area contributed by atoms with Crippen LogP contribution >= 0.6 is 11.6 Å². The number of hydrogen-bond donors (Lipinski definition) is 0. The number of alkyl halides is 1. The Morgan fingerprint density at radius 1 is 1.38 bits per heavy atom. The van der Waals surface area contributed by atoms with E-state index >= 15 is 0 Å². The minimum absolute atomic E-state index is 0.0618. The van der Waals surface area contributed by atoms with Crippen LogP contribution in [0.1, 0.15) is 24.5 Å². The fourth-order valence-corrected chi connectivity index (χ4v) is 2.39. The Labute approximate surface area is 98.4 Å². The van der Waals surface area contributed by atoms with E-state index in [9.17, 15) is 8.78 Å². The predicted octanol–water partition coefficient (Wildman–Crippen LogP) is 3.67. The molecule has 1 fully saturated rings. The van der Waals surface area contributed by atoms with Crippen molar-refractivity contribution in [1.82, 2.24) is 0 Å². The lowest BCUT2D eigenvalue weighted by Crippen LogP contribution is -2.24. The number of benzene rings is 1. The monoisotopic (exact) mass is 246 g/mol. The Morgan fingerprint density at radius 3 is 2.94 bits per heavy atom. The molecule has 4 heteroatoms. The smallest absolute Gasteiger partial charge is 0.129 e. The zero-order valence-electron chi connectivity index (χ0n) is 8.76. The molecule has 0 aromatic heterocycles. The molecule has 0 amide bonds. The van der Waals surface area contributed by atoms with Crippen LogP contribution in [0.25, 0.3) is 0 Å². The molecule has 1 aliphatic rings. The molecule has 2 rings (SSSR count). The fourth-order valence-electron chi connectivity index (χ4n) is 2.08. The van der Waals surface area contributed by atoms with Gasteiger partial charge >= 0.3 is 0 Å². The van der Waals surface area contributed by atoms with Crippen LogP contribution in [0.4, 0.5) is 8.78 Å². The average Bonchev–Trinajstić information content (AvgIpc) is 2.32. The number of halogens is 3. The Bertz CT molecular complexity index is 370. The van der Waals surface area contributed by atoms with E-state index in [1.165, 1.54) is 6.07 Å². The van der Waals surface area contributed by atoms with Crippen LogP contribution in [-0.2, 0) is 4.74 Å². The maximum atomic E-state index is 13.6. The molecule has 0 spiro atoms. The summed E-state index contributed by atoms with van der Waals surface area (Å²) in [7, 11) is 0. The maximum absolute atomic E-state index is 13.6. The van der Waals surface area contributed by atoms with Gasteiger partial charge in [0.2, 0.25) is 0 Å². The molecule has 0 N–H and O–H groups in total. The zero-order valence-corrected chi connectivity index (χ0v) is 9.51. The molecule has 1 aromatic rings. The zero-order chi connectivity index (χ0) is 11.5. The topological polar surface area (TPSA) is 9.23 Å². The highest BCUT2D eigenvalue weighted by Gasteiger charge is 2.29. The lowest BCUT2D eigenvalue weighted by Gasteiger charge is -2.30. The van der Waals surface area contributed by atoms with Gasteiger partial charge in [0.1, 0.15) is 11.6 Å². The summed E-state index contributed by atoms with van der Waals surface area (Å²) >= 11 is 5.82. The van der Waals surface area contributed by atoms with E-state index in [1.807, 2.05) is 0 Å². The minimum atomic E-state index is -0.445. The predicted molar refractivity (Wildman–Crippen MR) is 58.5 cm³/mol. The van der Waals surface area contributed by atoms with Gasteiger partial charge in [-0.05, 0) is 31.0 Å². The van der Waals surface area contributed by atoms with Crippen LogP contribution in [0.5, 0.6) is 0 Å². The number of rotatable bonds is 2. The van der Waals surface area contributed by atoms with Crippen LogP contribution in [0, 0.1) is 17.6 Å². The average molecular weight is 247 g/mol. The van der Waals surface area contributed by atoms with Gasteiger partial charge in [-0.2, -0.15) is 0 Å².